The molecule has 156 valence electrons. The second-order valence-electron chi connectivity index (χ2n) is 7.80. The zero-order valence-corrected chi connectivity index (χ0v) is 17.6. The summed E-state index contributed by atoms with van der Waals surface area (Å²) in [7, 11) is -1.39. The number of hydrogen-bond acceptors (Lipinski definition) is 6. The van der Waals surface area contributed by atoms with Crippen LogP contribution in [-0.2, 0) is 10.0 Å². The van der Waals surface area contributed by atoms with Crippen LogP contribution in [0.15, 0.2) is 42.9 Å². The Morgan fingerprint density at radius 1 is 1.17 bits per heavy atom. The van der Waals surface area contributed by atoms with E-state index in [0.717, 1.165) is 42.5 Å². The summed E-state index contributed by atoms with van der Waals surface area (Å²) < 4.78 is 27.8. The number of aromatic nitrogens is 3. The number of benzene rings is 1. The molecule has 1 aliphatic carbocycles. The molecule has 0 radical (unpaired) electrons. The topological polar surface area (TPSA) is 115 Å². The lowest BCUT2D eigenvalue weighted by atomic mass is 9.86. The van der Waals surface area contributed by atoms with Gasteiger partial charge in [0, 0.05) is 25.0 Å². The van der Waals surface area contributed by atoms with Crippen molar-refractivity contribution in [3.8, 4) is 6.07 Å². The van der Waals surface area contributed by atoms with Crippen LogP contribution in [0.3, 0.4) is 0 Å². The highest BCUT2D eigenvalue weighted by molar-refractivity contribution is 7.92. The van der Waals surface area contributed by atoms with E-state index in [0.29, 0.717) is 17.3 Å². The minimum absolute atomic E-state index is 0.110. The number of nitrogens with one attached hydrogen (secondary N) is 2. The summed E-state index contributed by atoms with van der Waals surface area (Å²) >= 11 is 0. The molecule has 0 atom stereocenters. The van der Waals surface area contributed by atoms with Crippen LogP contribution in [0.1, 0.15) is 31.2 Å². The largest absolute Gasteiger partial charge is 0.356 e. The molecule has 8 nitrogen and oxygen atoms in total. The van der Waals surface area contributed by atoms with Crippen molar-refractivity contribution in [3.63, 3.8) is 0 Å². The van der Waals surface area contributed by atoms with E-state index < -0.39 is 10.0 Å². The molecule has 3 aromatic rings. The SMILES string of the molecule is CN(c1ncnc2[nH]ccc12)C1CCC(CS(=O)(=O)Nc2ccc(C#N)cc2)CC1. The number of sulfonamides is 1. The Labute approximate surface area is 176 Å². The fourth-order valence-electron chi connectivity index (χ4n) is 4.16. The van der Waals surface area contributed by atoms with E-state index in [1.807, 2.05) is 25.4 Å². The van der Waals surface area contributed by atoms with Gasteiger partial charge in [-0.1, -0.05) is 0 Å². The third-order valence-corrected chi connectivity index (χ3v) is 7.23. The van der Waals surface area contributed by atoms with Crippen LogP contribution in [0, 0.1) is 17.2 Å². The standard InChI is InChI=1S/C21H24N6O2S/c1-27(21-19-10-11-23-20(19)24-14-25-21)18-8-4-16(5-9-18)13-30(28,29)26-17-6-2-15(12-22)3-7-17/h2-3,6-7,10-11,14,16,18,26H,4-5,8-9,13H2,1H3,(H,23,24,25). The minimum Gasteiger partial charge on any atom is -0.356 e. The smallest absolute Gasteiger partial charge is 0.232 e. The van der Waals surface area contributed by atoms with Crippen LogP contribution in [0.4, 0.5) is 11.5 Å². The number of fused-ring (bicyclic) bond motifs is 1. The summed E-state index contributed by atoms with van der Waals surface area (Å²) in [5, 5.41) is 9.85. The Morgan fingerprint density at radius 3 is 2.60 bits per heavy atom. The number of aromatic amines is 1. The molecule has 9 heteroatoms. The number of hydrogen-bond donors (Lipinski definition) is 2. The summed E-state index contributed by atoms with van der Waals surface area (Å²) in [6.45, 7) is 0. The van der Waals surface area contributed by atoms with E-state index in [1.165, 1.54) is 0 Å². The summed E-state index contributed by atoms with van der Waals surface area (Å²) in [5.41, 5.74) is 1.81. The van der Waals surface area contributed by atoms with Crippen molar-refractivity contribution in [1.29, 1.82) is 5.26 Å². The van der Waals surface area contributed by atoms with Gasteiger partial charge >= 0.3 is 0 Å². The van der Waals surface area contributed by atoms with Gasteiger partial charge < -0.3 is 9.88 Å². The summed E-state index contributed by atoms with van der Waals surface area (Å²) in [4.78, 5) is 14.0. The predicted molar refractivity (Wildman–Crippen MR) is 117 cm³/mol. The van der Waals surface area contributed by atoms with Crippen LogP contribution in [-0.4, -0.2) is 42.2 Å². The predicted octanol–water partition coefficient (Wildman–Crippen LogP) is 3.27. The van der Waals surface area contributed by atoms with Gasteiger partial charge in [-0.2, -0.15) is 5.26 Å². The molecule has 1 aromatic carbocycles. The van der Waals surface area contributed by atoms with Gasteiger partial charge in [0.2, 0.25) is 10.0 Å². The van der Waals surface area contributed by atoms with Crippen molar-refractivity contribution < 1.29 is 8.42 Å². The monoisotopic (exact) mass is 424 g/mol. The molecule has 1 fully saturated rings. The highest BCUT2D eigenvalue weighted by Crippen LogP contribution is 2.32. The van der Waals surface area contributed by atoms with Crippen LogP contribution in [0.2, 0.25) is 0 Å². The molecule has 0 saturated heterocycles. The number of rotatable bonds is 6. The van der Waals surface area contributed by atoms with E-state index >= 15 is 0 Å². The fraction of sp³-hybridized carbons (Fsp3) is 0.381. The molecule has 0 unspecified atom stereocenters. The van der Waals surface area contributed by atoms with Crippen molar-refractivity contribution >= 4 is 32.6 Å². The Hall–Kier alpha value is -3.12. The molecule has 0 bridgehead atoms. The van der Waals surface area contributed by atoms with Crippen LogP contribution in [0.25, 0.3) is 11.0 Å². The Kier molecular flexibility index (Phi) is 5.59. The lowest BCUT2D eigenvalue weighted by molar-refractivity contribution is 0.341. The normalized spacial score (nSPS) is 19.3. The second-order valence-corrected chi connectivity index (χ2v) is 9.56. The van der Waals surface area contributed by atoms with Gasteiger partial charge in [0.1, 0.15) is 17.8 Å². The zero-order chi connectivity index (χ0) is 21.1. The Morgan fingerprint density at radius 2 is 1.90 bits per heavy atom. The molecule has 0 aliphatic heterocycles. The Bertz CT molecular complexity index is 1160. The van der Waals surface area contributed by atoms with Gasteiger partial charge in [0.05, 0.1) is 22.8 Å². The zero-order valence-electron chi connectivity index (χ0n) is 16.7. The van der Waals surface area contributed by atoms with E-state index in [1.54, 1.807) is 30.6 Å². The average Bonchev–Trinajstić information content (AvgIpc) is 3.23. The summed E-state index contributed by atoms with van der Waals surface area (Å²) in [6, 6.07) is 10.8. The number of nitrogens with zero attached hydrogens (tertiary/aromatic N) is 4. The third-order valence-electron chi connectivity index (χ3n) is 5.77. The third kappa shape index (κ3) is 4.39. The van der Waals surface area contributed by atoms with Crippen molar-refractivity contribution in [2.45, 2.75) is 31.7 Å². The van der Waals surface area contributed by atoms with E-state index in [9.17, 15) is 8.42 Å². The average molecular weight is 425 g/mol. The molecule has 2 N–H and O–H groups in total. The number of H-pyrrole nitrogens is 1. The maximum absolute atomic E-state index is 12.6. The first-order valence-electron chi connectivity index (χ1n) is 9.97. The Balaban J connectivity index is 1.35. The molecule has 2 aromatic heterocycles. The van der Waals surface area contributed by atoms with E-state index in [2.05, 4.69) is 24.6 Å². The van der Waals surface area contributed by atoms with Crippen molar-refractivity contribution in [2.75, 3.05) is 22.4 Å². The minimum atomic E-state index is -3.44. The summed E-state index contributed by atoms with van der Waals surface area (Å²) in [5.74, 6) is 1.14. The maximum atomic E-state index is 12.6. The van der Waals surface area contributed by atoms with Gasteiger partial charge in [-0.05, 0) is 61.9 Å². The van der Waals surface area contributed by atoms with Gasteiger partial charge in [-0.3, -0.25) is 4.72 Å². The highest BCUT2D eigenvalue weighted by atomic mass is 32.2. The van der Waals surface area contributed by atoms with Crippen molar-refractivity contribution in [3.05, 3.63) is 48.4 Å². The molecule has 2 heterocycles. The van der Waals surface area contributed by atoms with Crippen molar-refractivity contribution in [1.82, 2.24) is 15.0 Å². The van der Waals surface area contributed by atoms with E-state index in [-0.39, 0.29) is 11.7 Å². The van der Waals surface area contributed by atoms with Crippen molar-refractivity contribution in [2.24, 2.45) is 5.92 Å². The van der Waals surface area contributed by atoms with E-state index in [4.69, 9.17) is 5.26 Å². The molecule has 0 spiro atoms. The van der Waals surface area contributed by atoms with Gasteiger partial charge in [-0.15, -0.1) is 0 Å². The van der Waals surface area contributed by atoms with Gasteiger partial charge in [0.25, 0.3) is 0 Å². The number of nitriles is 1. The molecule has 1 saturated carbocycles. The highest BCUT2D eigenvalue weighted by Gasteiger charge is 2.28. The first-order chi connectivity index (χ1) is 14.4. The fourth-order valence-corrected chi connectivity index (χ4v) is 5.69. The molecule has 4 rings (SSSR count). The second kappa shape index (κ2) is 8.32. The quantitative estimate of drug-likeness (QED) is 0.628. The number of anilines is 2. The molecular weight excluding hydrogens is 400 g/mol. The van der Waals surface area contributed by atoms with Crippen LogP contribution in [0.5, 0.6) is 0 Å². The molecule has 1 aliphatic rings. The molecule has 0 amide bonds. The lowest BCUT2D eigenvalue weighted by Gasteiger charge is -2.35. The summed E-state index contributed by atoms with van der Waals surface area (Å²) in [6.07, 6.45) is 6.97. The first kappa shape index (κ1) is 20.2. The van der Waals surface area contributed by atoms with Crippen LogP contribution >= 0.6 is 0 Å². The first-order valence-corrected chi connectivity index (χ1v) is 11.6. The maximum Gasteiger partial charge on any atom is 0.232 e. The lowest BCUT2D eigenvalue weighted by Crippen LogP contribution is -2.37. The molecule has 30 heavy (non-hydrogen) atoms. The van der Waals surface area contributed by atoms with Crippen LogP contribution < -0.4 is 9.62 Å². The van der Waals surface area contributed by atoms with Gasteiger partial charge in [-0.25, -0.2) is 18.4 Å². The molecular formula is C21H24N6O2S. The van der Waals surface area contributed by atoms with Gasteiger partial charge in [0.15, 0.2) is 0 Å².